The first-order valence-electron chi connectivity index (χ1n) is 12.8. The second kappa shape index (κ2) is 10.6. The molecule has 2 fully saturated rings. The standard InChI is InChI=1S/C29H34F4O/c1-3-4-18-6-8-19(9-7-18)20-10-12-21(13-11-20)29(34)24-16-15-23(27(32)28(24)33)22-14-5-17(2)25(30)26(22)31/h5,14-16,18-21H,3-4,6-13H2,1-2H3. The highest BCUT2D eigenvalue weighted by molar-refractivity contribution is 5.98. The van der Waals surface area contributed by atoms with Crippen molar-refractivity contribution in [3.63, 3.8) is 0 Å². The Labute approximate surface area is 200 Å². The number of ketones is 1. The van der Waals surface area contributed by atoms with Crippen molar-refractivity contribution in [3.8, 4) is 11.1 Å². The van der Waals surface area contributed by atoms with Crippen molar-refractivity contribution in [1.29, 1.82) is 0 Å². The van der Waals surface area contributed by atoms with Crippen molar-refractivity contribution in [2.75, 3.05) is 0 Å². The number of carbonyl (C=O) groups is 1. The molecule has 2 aliphatic rings. The fourth-order valence-electron chi connectivity index (χ4n) is 6.23. The van der Waals surface area contributed by atoms with Crippen LogP contribution in [0.3, 0.4) is 0 Å². The van der Waals surface area contributed by atoms with Crippen LogP contribution in [0.2, 0.25) is 0 Å². The first kappa shape index (κ1) is 24.9. The first-order chi connectivity index (χ1) is 16.3. The summed E-state index contributed by atoms with van der Waals surface area (Å²) in [6.07, 6.45) is 11.0. The first-order valence-corrected chi connectivity index (χ1v) is 12.8. The van der Waals surface area contributed by atoms with Crippen LogP contribution in [-0.2, 0) is 0 Å². The molecule has 0 saturated heterocycles. The van der Waals surface area contributed by atoms with Gasteiger partial charge in [0.1, 0.15) is 0 Å². The third-order valence-corrected chi connectivity index (χ3v) is 8.31. The van der Waals surface area contributed by atoms with Crippen LogP contribution < -0.4 is 0 Å². The lowest BCUT2D eigenvalue weighted by Crippen LogP contribution is -2.28. The number of hydrogen-bond donors (Lipinski definition) is 0. The molecule has 2 saturated carbocycles. The second-order valence-corrected chi connectivity index (χ2v) is 10.4. The normalized spacial score (nSPS) is 25.4. The zero-order valence-corrected chi connectivity index (χ0v) is 20.1. The fraction of sp³-hybridized carbons (Fsp3) is 0.552. The molecule has 2 aliphatic carbocycles. The minimum Gasteiger partial charge on any atom is -0.294 e. The Kier molecular flexibility index (Phi) is 7.79. The quantitative estimate of drug-likeness (QED) is 0.302. The summed E-state index contributed by atoms with van der Waals surface area (Å²) in [6, 6.07) is 4.94. The Morgan fingerprint density at radius 2 is 1.26 bits per heavy atom. The predicted molar refractivity (Wildman–Crippen MR) is 127 cm³/mol. The van der Waals surface area contributed by atoms with Crippen LogP contribution >= 0.6 is 0 Å². The van der Waals surface area contributed by atoms with Crippen LogP contribution in [0.15, 0.2) is 24.3 Å². The van der Waals surface area contributed by atoms with E-state index in [4.69, 9.17) is 0 Å². The monoisotopic (exact) mass is 474 g/mol. The molecule has 5 heteroatoms. The topological polar surface area (TPSA) is 17.1 Å². The van der Waals surface area contributed by atoms with Crippen LogP contribution in [0.25, 0.3) is 11.1 Å². The van der Waals surface area contributed by atoms with Gasteiger partial charge in [0, 0.05) is 17.0 Å². The van der Waals surface area contributed by atoms with Gasteiger partial charge in [0.2, 0.25) is 0 Å². The van der Waals surface area contributed by atoms with Crippen LogP contribution in [0.4, 0.5) is 17.6 Å². The molecule has 0 aromatic heterocycles. The van der Waals surface area contributed by atoms with Gasteiger partial charge in [-0.15, -0.1) is 0 Å². The zero-order chi connectivity index (χ0) is 24.4. The highest BCUT2D eigenvalue weighted by Gasteiger charge is 2.34. The summed E-state index contributed by atoms with van der Waals surface area (Å²) in [5, 5.41) is 0. The summed E-state index contributed by atoms with van der Waals surface area (Å²) in [5.41, 5.74) is -0.947. The maximum atomic E-state index is 14.9. The molecule has 0 N–H and O–H groups in total. The molecule has 2 aromatic rings. The van der Waals surface area contributed by atoms with Gasteiger partial charge in [0.05, 0.1) is 5.56 Å². The molecule has 184 valence electrons. The van der Waals surface area contributed by atoms with Gasteiger partial charge >= 0.3 is 0 Å². The number of benzene rings is 2. The summed E-state index contributed by atoms with van der Waals surface area (Å²) in [7, 11) is 0. The number of rotatable bonds is 6. The van der Waals surface area contributed by atoms with E-state index in [2.05, 4.69) is 6.92 Å². The van der Waals surface area contributed by atoms with Gasteiger partial charge in [-0.1, -0.05) is 50.8 Å². The Morgan fingerprint density at radius 1 is 0.735 bits per heavy atom. The zero-order valence-electron chi connectivity index (χ0n) is 20.1. The lowest BCUT2D eigenvalue weighted by atomic mass is 9.68. The molecule has 0 amide bonds. The van der Waals surface area contributed by atoms with Crippen molar-refractivity contribution >= 4 is 5.78 Å². The molecule has 34 heavy (non-hydrogen) atoms. The Balaban J connectivity index is 1.42. The largest absolute Gasteiger partial charge is 0.294 e. The molecule has 0 radical (unpaired) electrons. The van der Waals surface area contributed by atoms with Crippen LogP contribution in [0.5, 0.6) is 0 Å². The van der Waals surface area contributed by atoms with E-state index < -0.39 is 23.3 Å². The summed E-state index contributed by atoms with van der Waals surface area (Å²) in [5.74, 6) is -3.40. The molecule has 0 aliphatic heterocycles. The fourth-order valence-corrected chi connectivity index (χ4v) is 6.23. The van der Waals surface area contributed by atoms with Crippen LogP contribution in [0.1, 0.15) is 87.1 Å². The summed E-state index contributed by atoms with van der Waals surface area (Å²) in [6.45, 7) is 3.64. The highest BCUT2D eigenvalue weighted by atomic mass is 19.2. The van der Waals surface area contributed by atoms with E-state index in [1.807, 2.05) is 0 Å². The smallest absolute Gasteiger partial charge is 0.170 e. The molecular weight excluding hydrogens is 440 g/mol. The average molecular weight is 475 g/mol. The summed E-state index contributed by atoms with van der Waals surface area (Å²) >= 11 is 0. The van der Waals surface area contributed by atoms with Gasteiger partial charge in [0.15, 0.2) is 29.1 Å². The average Bonchev–Trinajstić information content (AvgIpc) is 2.85. The third-order valence-electron chi connectivity index (χ3n) is 8.31. The van der Waals surface area contributed by atoms with Gasteiger partial charge in [-0.2, -0.15) is 0 Å². The van der Waals surface area contributed by atoms with Crippen molar-refractivity contribution in [2.24, 2.45) is 23.7 Å². The molecule has 0 unspecified atom stereocenters. The number of halogens is 4. The van der Waals surface area contributed by atoms with E-state index in [0.29, 0.717) is 18.8 Å². The summed E-state index contributed by atoms with van der Waals surface area (Å²) < 4.78 is 58.0. The lowest BCUT2D eigenvalue weighted by molar-refractivity contribution is 0.0823. The second-order valence-electron chi connectivity index (χ2n) is 10.4. The molecule has 1 nitrogen and oxygen atoms in total. The third kappa shape index (κ3) is 4.94. The molecule has 4 rings (SSSR count). The Hall–Kier alpha value is -2.17. The number of Topliss-reactive ketones (excluding diaryl/α,β-unsaturated/α-hetero) is 1. The predicted octanol–water partition coefficient (Wildman–Crippen LogP) is 8.81. The van der Waals surface area contributed by atoms with Crippen molar-refractivity contribution < 1.29 is 22.4 Å². The van der Waals surface area contributed by atoms with Crippen molar-refractivity contribution in [1.82, 2.24) is 0 Å². The minimum atomic E-state index is -1.31. The van der Waals surface area contributed by atoms with Crippen molar-refractivity contribution in [2.45, 2.75) is 78.1 Å². The molecule has 0 atom stereocenters. The van der Waals surface area contributed by atoms with E-state index in [1.165, 1.54) is 69.7 Å². The van der Waals surface area contributed by atoms with Gasteiger partial charge < -0.3 is 0 Å². The molecule has 0 spiro atoms. The van der Waals surface area contributed by atoms with Gasteiger partial charge in [-0.3, -0.25) is 4.79 Å². The Morgan fingerprint density at radius 3 is 1.85 bits per heavy atom. The summed E-state index contributed by atoms with van der Waals surface area (Å²) in [4.78, 5) is 13.0. The van der Waals surface area contributed by atoms with Crippen LogP contribution in [0, 0.1) is 53.9 Å². The van der Waals surface area contributed by atoms with E-state index in [-0.39, 0.29) is 34.0 Å². The number of carbonyl (C=O) groups excluding carboxylic acids is 1. The molecule has 0 heterocycles. The maximum Gasteiger partial charge on any atom is 0.170 e. The van der Waals surface area contributed by atoms with Crippen LogP contribution in [-0.4, -0.2) is 5.78 Å². The molecular formula is C29H34F4O. The molecule has 2 aromatic carbocycles. The van der Waals surface area contributed by atoms with E-state index in [0.717, 1.165) is 24.7 Å². The minimum absolute atomic E-state index is 0.0820. The maximum absolute atomic E-state index is 14.9. The SMILES string of the molecule is CCCC1CCC(C2CCC(C(=O)c3ccc(-c4ccc(C)c(F)c4F)c(F)c3F)CC2)CC1. The van der Waals surface area contributed by atoms with E-state index in [9.17, 15) is 22.4 Å². The lowest BCUT2D eigenvalue weighted by Gasteiger charge is -2.37. The van der Waals surface area contributed by atoms with Gasteiger partial charge in [-0.05, 0) is 74.8 Å². The van der Waals surface area contributed by atoms with E-state index >= 15 is 0 Å². The highest BCUT2D eigenvalue weighted by Crippen LogP contribution is 2.43. The molecule has 0 bridgehead atoms. The Bertz CT molecular complexity index is 1030. The van der Waals surface area contributed by atoms with Gasteiger partial charge in [0.25, 0.3) is 0 Å². The number of hydrogen-bond acceptors (Lipinski definition) is 1. The van der Waals surface area contributed by atoms with Crippen molar-refractivity contribution in [3.05, 3.63) is 58.7 Å². The van der Waals surface area contributed by atoms with E-state index in [1.54, 1.807) is 0 Å². The van der Waals surface area contributed by atoms with Gasteiger partial charge in [-0.25, -0.2) is 17.6 Å². The number of aryl methyl sites for hydroxylation is 1.